The highest BCUT2D eigenvalue weighted by molar-refractivity contribution is 9.10. The summed E-state index contributed by atoms with van der Waals surface area (Å²) in [6.45, 7) is 3.91. The Hall–Kier alpha value is -0.900. The summed E-state index contributed by atoms with van der Waals surface area (Å²) in [5, 5.41) is 2.56. The zero-order valence-electron chi connectivity index (χ0n) is 8.03. The molecule has 1 N–H and O–H groups in total. The number of nitrogens with one attached hydrogen (secondary N) is 1. The number of benzene rings is 1. The van der Waals surface area contributed by atoms with Gasteiger partial charge in [-0.15, -0.1) is 0 Å². The molecule has 14 heavy (non-hydrogen) atoms. The van der Waals surface area contributed by atoms with Gasteiger partial charge in [-0.3, -0.25) is 4.79 Å². The van der Waals surface area contributed by atoms with Crippen LogP contribution in [-0.4, -0.2) is 12.5 Å². The van der Waals surface area contributed by atoms with Crippen molar-refractivity contribution >= 4 is 21.8 Å². The van der Waals surface area contributed by atoms with E-state index in [4.69, 9.17) is 0 Å². The molecule has 0 aliphatic heterocycles. The predicted octanol–water partition coefficient (Wildman–Crippen LogP) is 2.65. The molecule has 0 spiro atoms. The van der Waals surface area contributed by atoms with Crippen molar-refractivity contribution in [3.8, 4) is 0 Å². The molecule has 1 rings (SSSR count). The zero-order chi connectivity index (χ0) is 10.7. The van der Waals surface area contributed by atoms with E-state index in [1.54, 1.807) is 19.9 Å². The maximum atomic E-state index is 13.5. The SMILES string of the molecule is CCNC(=O)c1ccc(Br)c(C)c1F. The van der Waals surface area contributed by atoms with Crippen LogP contribution in [0.4, 0.5) is 4.39 Å². The van der Waals surface area contributed by atoms with Crippen LogP contribution < -0.4 is 5.32 Å². The summed E-state index contributed by atoms with van der Waals surface area (Å²) in [7, 11) is 0. The van der Waals surface area contributed by atoms with Crippen LogP contribution in [0.5, 0.6) is 0 Å². The molecule has 0 fully saturated rings. The molecule has 0 aromatic heterocycles. The Morgan fingerprint density at radius 2 is 2.21 bits per heavy atom. The molecule has 0 aliphatic rings. The standard InChI is InChI=1S/C10H11BrFNO/c1-3-13-10(14)7-4-5-8(11)6(2)9(7)12/h4-5H,3H2,1-2H3,(H,13,14). The number of carbonyl (C=O) groups is 1. The monoisotopic (exact) mass is 259 g/mol. The molecule has 1 aromatic carbocycles. The fourth-order valence-corrected chi connectivity index (χ4v) is 1.40. The van der Waals surface area contributed by atoms with Gasteiger partial charge in [-0.1, -0.05) is 15.9 Å². The summed E-state index contributed by atoms with van der Waals surface area (Å²) in [6, 6.07) is 3.14. The van der Waals surface area contributed by atoms with Crippen molar-refractivity contribution in [1.82, 2.24) is 5.32 Å². The Labute approximate surface area is 90.6 Å². The first-order chi connectivity index (χ1) is 6.57. The molecule has 1 aromatic rings. The molecule has 0 bridgehead atoms. The molecule has 2 nitrogen and oxygen atoms in total. The maximum absolute atomic E-state index is 13.5. The lowest BCUT2D eigenvalue weighted by Gasteiger charge is -2.06. The number of halogens is 2. The van der Waals surface area contributed by atoms with Gasteiger partial charge in [0.05, 0.1) is 5.56 Å². The van der Waals surface area contributed by atoms with E-state index in [0.29, 0.717) is 16.6 Å². The molecule has 4 heteroatoms. The highest BCUT2D eigenvalue weighted by Crippen LogP contribution is 2.21. The smallest absolute Gasteiger partial charge is 0.254 e. The summed E-state index contributed by atoms with van der Waals surface area (Å²) in [5.41, 5.74) is 0.543. The second-order valence-electron chi connectivity index (χ2n) is 2.89. The quantitative estimate of drug-likeness (QED) is 0.870. The van der Waals surface area contributed by atoms with E-state index in [2.05, 4.69) is 21.2 Å². The fraction of sp³-hybridized carbons (Fsp3) is 0.300. The number of carbonyl (C=O) groups excluding carboxylic acids is 1. The van der Waals surface area contributed by atoms with Gasteiger partial charge in [-0.05, 0) is 31.5 Å². The number of rotatable bonds is 2. The van der Waals surface area contributed by atoms with E-state index in [1.807, 2.05) is 0 Å². The number of hydrogen-bond donors (Lipinski definition) is 1. The van der Waals surface area contributed by atoms with Crippen molar-refractivity contribution < 1.29 is 9.18 Å². The Kier molecular flexibility index (Phi) is 3.63. The highest BCUT2D eigenvalue weighted by Gasteiger charge is 2.13. The lowest BCUT2D eigenvalue weighted by molar-refractivity contribution is 0.0951. The largest absolute Gasteiger partial charge is 0.352 e. The van der Waals surface area contributed by atoms with Gasteiger partial charge in [0.25, 0.3) is 5.91 Å². The van der Waals surface area contributed by atoms with Crippen molar-refractivity contribution in [2.24, 2.45) is 0 Å². The van der Waals surface area contributed by atoms with E-state index >= 15 is 0 Å². The predicted molar refractivity (Wildman–Crippen MR) is 56.8 cm³/mol. The van der Waals surface area contributed by atoms with E-state index in [9.17, 15) is 9.18 Å². The van der Waals surface area contributed by atoms with Gasteiger partial charge >= 0.3 is 0 Å². The summed E-state index contributed by atoms with van der Waals surface area (Å²) >= 11 is 3.20. The second kappa shape index (κ2) is 4.55. The fourth-order valence-electron chi connectivity index (χ4n) is 1.09. The molecule has 0 heterocycles. The van der Waals surface area contributed by atoms with Crippen LogP contribution in [0, 0.1) is 12.7 Å². The molecule has 0 saturated carbocycles. The van der Waals surface area contributed by atoms with Gasteiger partial charge in [0, 0.05) is 11.0 Å². The molecule has 0 radical (unpaired) electrons. The Morgan fingerprint density at radius 1 is 1.57 bits per heavy atom. The number of amides is 1. The minimum atomic E-state index is -0.467. The first-order valence-corrected chi connectivity index (χ1v) is 5.10. The summed E-state index contributed by atoms with van der Waals surface area (Å²) < 4.78 is 14.2. The van der Waals surface area contributed by atoms with Gasteiger partial charge in [0.15, 0.2) is 0 Å². The lowest BCUT2D eigenvalue weighted by Crippen LogP contribution is -2.24. The maximum Gasteiger partial charge on any atom is 0.254 e. The number of hydrogen-bond acceptors (Lipinski definition) is 1. The second-order valence-corrected chi connectivity index (χ2v) is 3.75. The van der Waals surface area contributed by atoms with Crippen molar-refractivity contribution in [3.05, 3.63) is 33.5 Å². The van der Waals surface area contributed by atoms with Gasteiger partial charge in [-0.25, -0.2) is 4.39 Å². The average molecular weight is 260 g/mol. The van der Waals surface area contributed by atoms with Gasteiger partial charge < -0.3 is 5.32 Å². The zero-order valence-corrected chi connectivity index (χ0v) is 9.61. The van der Waals surface area contributed by atoms with Crippen LogP contribution in [0.25, 0.3) is 0 Å². The molecular formula is C10H11BrFNO. The van der Waals surface area contributed by atoms with Crippen LogP contribution in [0.2, 0.25) is 0 Å². The van der Waals surface area contributed by atoms with Gasteiger partial charge in [0.1, 0.15) is 5.82 Å². The topological polar surface area (TPSA) is 29.1 Å². The summed E-state index contributed by atoms with van der Waals surface area (Å²) in [6.07, 6.45) is 0. The van der Waals surface area contributed by atoms with Gasteiger partial charge in [0.2, 0.25) is 0 Å². The minimum absolute atomic E-state index is 0.0903. The molecular weight excluding hydrogens is 249 g/mol. The van der Waals surface area contributed by atoms with E-state index < -0.39 is 5.82 Å². The molecule has 0 unspecified atom stereocenters. The first kappa shape index (κ1) is 11.2. The molecule has 0 saturated heterocycles. The van der Waals surface area contributed by atoms with Crippen LogP contribution >= 0.6 is 15.9 Å². The van der Waals surface area contributed by atoms with Crippen LogP contribution in [-0.2, 0) is 0 Å². The summed E-state index contributed by atoms with van der Waals surface area (Å²) in [5.74, 6) is -0.842. The van der Waals surface area contributed by atoms with Gasteiger partial charge in [-0.2, -0.15) is 0 Å². The third-order valence-electron chi connectivity index (χ3n) is 1.90. The molecule has 1 amide bonds. The van der Waals surface area contributed by atoms with E-state index in [0.717, 1.165) is 0 Å². The van der Waals surface area contributed by atoms with Crippen molar-refractivity contribution in [1.29, 1.82) is 0 Å². The Balaban J connectivity index is 3.11. The molecule has 76 valence electrons. The van der Waals surface area contributed by atoms with Crippen molar-refractivity contribution in [3.63, 3.8) is 0 Å². The first-order valence-electron chi connectivity index (χ1n) is 4.30. The third-order valence-corrected chi connectivity index (χ3v) is 2.76. The summed E-state index contributed by atoms with van der Waals surface area (Å²) in [4.78, 5) is 11.4. The van der Waals surface area contributed by atoms with Crippen molar-refractivity contribution in [2.75, 3.05) is 6.54 Å². The van der Waals surface area contributed by atoms with Crippen LogP contribution in [0.15, 0.2) is 16.6 Å². The average Bonchev–Trinajstić information content (AvgIpc) is 2.15. The Morgan fingerprint density at radius 3 is 2.79 bits per heavy atom. The Bertz CT molecular complexity index is 365. The normalized spacial score (nSPS) is 10.0. The molecule has 0 atom stereocenters. The minimum Gasteiger partial charge on any atom is -0.352 e. The van der Waals surface area contributed by atoms with Crippen LogP contribution in [0.1, 0.15) is 22.8 Å². The molecule has 0 aliphatic carbocycles. The third kappa shape index (κ3) is 2.12. The van der Waals surface area contributed by atoms with Crippen LogP contribution in [0.3, 0.4) is 0 Å². The van der Waals surface area contributed by atoms with E-state index in [-0.39, 0.29) is 11.5 Å². The van der Waals surface area contributed by atoms with E-state index in [1.165, 1.54) is 6.07 Å². The van der Waals surface area contributed by atoms with Crippen molar-refractivity contribution in [2.45, 2.75) is 13.8 Å². The lowest BCUT2D eigenvalue weighted by atomic mass is 10.1. The highest BCUT2D eigenvalue weighted by atomic mass is 79.9.